The number of nitrogens with one attached hydrogen (secondary N) is 1. The fraction of sp³-hybridized carbons (Fsp3) is 0.714. The maximum atomic E-state index is 7.03. The standard InChI is InChI=1S/C7H14N3.Ir/c1-7-9(2)5-6-10(7)4-3-8;/h5-8H,3-4H2,1-2H3;/q-1;. The third-order valence-electron chi connectivity index (χ3n) is 1.93. The smallest absolute Gasteiger partial charge is 0.0974 e. The number of hydrogen-bond acceptors (Lipinski definition) is 2. The molecule has 0 aromatic carbocycles. The Balaban J connectivity index is 0.000001000. The van der Waals surface area contributed by atoms with E-state index in [-0.39, 0.29) is 20.1 Å². The Labute approximate surface area is 81.6 Å². The molecular weight excluding hydrogens is 318 g/mol. The van der Waals surface area contributed by atoms with E-state index in [2.05, 4.69) is 16.7 Å². The molecule has 1 heterocycles. The van der Waals surface area contributed by atoms with E-state index in [1.54, 1.807) is 0 Å². The normalized spacial score (nSPS) is 22.3. The van der Waals surface area contributed by atoms with Gasteiger partial charge in [-0.15, -0.1) is 6.54 Å². The third kappa shape index (κ3) is 2.47. The second-order valence-electron chi connectivity index (χ2n) is 2.58. The first-order valence-corrected chi connectivity index (χ1v) is 3.56. The minimum atomic E-state index is 0. The van der Waals surface area contributed by atoms with Gasteiger partial charge in [-0.1, -0.05) is 0 Å². The van der Waals surface area contributed by atoms with Gasteiger partial charge in [0.25, 0.3) is 0 Å². The molecule has 0 aliphatic carbocycles. The first-order valence-electron chi connectivity index (χ1n) is 3.56. The third-order valence-corrected chi connectivity index (χ3v) is 1.93. The van der Waals surface area contributed by atoms with Crippen molar-refractivity contribution in [2.24, 2.45) is 0 Å². The average molecular weight is 332 g/mol. The van der Waals surface area contributed by atoms with Crippen LogP contribution < -0.4 is 0 Å². The fourth-order valence-electron chi connectivity index (χ4n) is 1.06. The van der Waals surface area contributed by atoms with Gasteiger partial charge in [0, 0.05) is 46.1 Å². The molecule has 1 N–H and O–H groups in total. The Morgan fingerprint density at radius 1 is 1.45 bits per heavy atom. The molecule has 1 rings (SSSR count). The number of rotatable bonds is 2. The SMILES string of the molecule is CC1N(C)C=CN1CC[NH-].[Ir]. The van der Waals surface area contributed by atoms with Crippen LogP contribution in [-0.4, -0.2) is 36.1 Å². The van der Waals surface area contributed by atoms with E-state index in [1.165, 1.54) is 0 Å². The van der Waals surface area contributed by atoms with E-state index in [0.29, 0.717) is 12.7 Å². The van der Waals surface area contributed by atoms with E-state index >= 15 is 0 Å². The van der Waals surface area contributed by atoms with Crippen LogP contribution in [0.1, 0.15) is 6.92 Å². The van der Waals surface area contributed by atoms with Crippen LogP contribution in [-0.2, 0) is 20.1 Å². The van der Waals surface area contributed by atoms with Crippen LogP contribution >= 0.6 is 0 Å². The van der Waals surface area contributed by atoms with Crippen LogP contribution in [0.3, 0.4) is 0 Å². The van der Waals surface area contributed by atoms with Gasteiger partial charge in [0.2, 0.25) is 0 Å². The topological polar surface area (TPSA) is 30.3 Å². The van der Waals surface area contributed by atoms with E-state index in [0.717, 1.165) is 6.54 Å². The van der Waals surface area contributed by atoms with Crippen molar-refractivity contribution in [3.8, 4) is 0 Å². The van der Waals surface area contributed by atoms with Crippen molar-refractivity contribution in [1.82, 2.24) is 9.80 Å². The summed E-state index contributed by atoms with van der Waals surface area (Å²) in [6, 6.07) is 0. The second kappa shape index (κ2) is 4.75. The maximum Gasteiger partial charge on any atom is 0.0974 e. The van der Waals surface area contributed by atoms with Crippen LogP contribution in [0.5, 0.6) is 0 Å². The van der Waals surface area contributed by atoms with Crippen LogP contribution in [0.15, 0.2) is 12.4 Å². The molecule has 0 aromatic rings. The van der Waals surface area contributed by atoms with Crippen LogP contribution in [0.2, 0.25) is 0 Å². The largest absolute Gasteiger partial charge is 0.676 e. The number of nitrogens with zero attached hydrogens (tertiary/aromatic N) is 2. The molecule has 0 aromatic heterocycles. The minimum Gasteiger partial charge on any atom is -0.676 e. The van der Waals surface area contributed by atoms with E-state index in [1.807, 2.05) is 19.4 Å². The molecule has 4 heteroatoms. The summed E-state index contributed by atoms with van der Waals surface area (Å²) in [5, 5.41) is 0. The average Bonchev–Trinajstić information content (AvgIpc) is 2.20. The van der Waals surface area contributed by atoms with Gasteiger partial charge in [0.05, 0.1) is 6.17 Å². The summed E-state index contributed by atoms with van der Waals surface area (Å²) >= 11 is 0. The molecule has 0 spiro atoms. The zero-order valence-corrected chi connectivity index (χ0v) is 9.27. The van der Waals surface area contributed by atoms with Crippen molar-refractivity contribution in [1.29, 1.82) is 0 Å². The molecule has 0 saturated heterocycles. The summed E-state index contributed by atoms with van der Waals surface area (Å²) in [6.45, 7) is 3.44. The molecule has 1 radical (unpaired) electrons. The molecule has 1 unspecified atom stereocenters. The fourth-order valence-corrected chi connectivity index (χ4v) is 1.06. The van der Waals surface area contributed by atoms with Crippen molar-refractivity contribution >= 4 is 0 Å². The summed E-state index contributed by atoms with van der Waals surface area (Å²) in [5.41, 5.74) is 7.03. The first-order chi connectivity index (χ1) is 4.75. The van der Waals surface area contributed by atoms with Crippen LogP contribution in [0.25, 0.3) is 5.73 Å². The molecule has 67 valence electrons. The van der Waals surface area contributed by atoms with Gasteiger partial charge >= 0.3 is 0 Å². The molecular formula is C7H14IrN3-. The molecule has 1 aliphatic heterocycles. The Morgan fingerprint density at radius 3 is 2.45 bits per heavy atom. The Hall–Kier alpha value is -0.0506. The zero-order valence-electron chi connectivity index (χ0n) is 6.87. The molecule has 11 heavy (non-hydrogen) atoms. The summed E-state index contributed by atoms with van der Waals surface area (Å²) in [5.74, 6) is 0. The van der Waals surface area contributed by atoms with E-state index in [4.69, 9.17) is 5.73 Å². The van der Waals surface area contributed by atoms with Crippen molar-refractivity contribution in [3.05, 3.63) is 18.1 Å². The summed E-state index contributed by atoms with van der Waals surface area (Å²) in [7, 11) is 2.05. The maximum absolute atomic E-state index is 7.03. The van der Waals surface area contributed by atoms with Gasteiger partial charge < -0.3 is 15.5 Å². The zero-order chi connectivity index (χ0) is 7.56. The van der Waals surface area contributed by atoms with Crippen molar-refractivity contribution < 1.29 is 20.1 Å². The van der Waals surface area contributed by atoms with Gasteiger partial charge in [0.15, 0.2) is 0 Å². The molecule has 1 aliphatic rings. The molecule has 1 atom stereocenters. The van der Waals surface area contributed by atoms with Gasteiger partial charge in [-0.25, -0.2) is 0 Å². The van der Waals surface area contributed by atoms with Gasteiger partial charge in [-0.3, -0.25) is 0 Å². The minimum absolute atomic E-state index is 0. The first kappa shape index (κ1) is 10.9. The van der Waals surface area contributed by atoms with E-state index in [9.17, 15) is 0 Å². The van der Waals surface area contributed by atoms with Crippen molar-refractivity contribution in [2.75, 3.05) is 20.1 Å². The summed E-state index contributed by atoms with van der Waals surface area (Å²) in [4.78, 5) is 4.29. The second-order valence-corrected chi connectivity index (χ2v) is 2.58. The van der Waals surface area contributed by atoms with Crippen LogP contribution in [0.4, 0.5) is 0 Å². The monoisotopic (exact) mass is 333 g/mol. The van der Waals surface area contributed by atoms with Crippen molar-refractivity contribution in [3.63, 3.8) is 0 Å². The Bertz CT molecular complexity index is 138. The predicted octanol–water partition coefficient (Wildman–Crippen LogP) is 1.10. The quantitative estimate of drug-likeness (QED) is 0.758. The van der Waals surface area contributed by atoms with Crippen molar-refractivity contribution in [2.45, 2.75) is 13.1 Å². The Kier molecular flexibility index (Phi) is 4.73. The van der Waals surface area contributed by atoms with Gasteiger partial charge in [0.1, 0.15) is 0 Å². The molecule has 3 nitrogen and oxygen atoms in total. The molecule has 0 bridgehead atoms. The van der Waals surface area contributed by atoms with Crippen LogP contribution in [0, 0.1) is 0 Å². The summed E-state index contributed by atoms with van der Waals surface area (Å²) < 4.78 is 0. The molecule has 0 saturated carbocycles. The molecule has 0 amide bonds. The van der Waals surface area contributed by atoms with E-state index < -0.39 is 0 Å². The van der Waals surface area contributed by atoms with Gasteiger partial charge in [-0.05, 0) is 6.92 Å². The summed E-state index contributed by atoms with van der Waals surface area (Å²) in [6.07, 6.45) is 4.52. The predicted molar refractivity (Wildman–Crippen MR) is 42.3 cm³/mol. The number of hydrogen-bond donors (Lipinski definition) is 0. The Morgan fingerprint density at radius 2 is 2.09 bits per heavy atom. The molecule has 0 fully saturated rings. The van der Waals surface area contributed by atoms with Gasteiger partial charge in [-0.2, -0.15) is 0 Å².